The van der Waals surface area contributed by atoms with Crippen LogP contribution in [0.2, 0.25) is 5.02 Å². The van der Waals surface area contributed by atoms with Crippen LogP contribution in [0.4, 0.5) is 0 Å². The molecule has 3 aromatic heterocycles. The molecule has 1 aromatic carbocycles. The zero-order valence-electron chi connectivity index (χ0n) is 14.4. The van der Waals surface area contributed by atoms with Gasteiger partial charge in [-0.25, -0.2) is 15.0 Å². The average Bonchev–Trinajstić information content (AvgIpc) is 3.48. The van der Waals surface area contributed by atoms with E-state index in [1.165, 1.54) is 18.4 Å². The summed E-state index contributed by atoms with van der Waals surface area (Å²) >= 11 is 10.0. The SMILES string of the molecule is Clc1cccc(Br)c1Cn1cc(-c2ncc(C3CC3)cn2)c2cccnc21. The van der Waals surface area contributed by atoms with Crippen LogP contribution in [0.3, 0.4) is 0 Å². The van der Waals surface area contributed by atoms with Gasteiger partial charge in [-0.15, -0.1) is 0 Å². The quantitative estimate of drug-likeness (QED) is 0.401. The molecule has 6 heteroatoms. The normalized spacial score (nSPS) is 14.0. The molecule has 0 saturated heterocycles. The predicted octanol–water partition coefficient (Wildman–Crippen LogP) is 5.83. The molecule has 5 rings (SSSR count). The predicted molar refractivity (Wildman–Crippen MR) is 111 cm³/mol. The summed E-state index contributed by atoms with van der Waals surface area (Å²) in [5, 5.41) is 1.77. The van der Waals surface area contributed by atoms with Gasteiger partial charge in [-0.05, 0) is 48.6 Å². The Morgan fingerprint density at radius 1 is 1.07 bits per heavy atom. The second-order valence-electron chi connectivity index (χ2n) is 6.86. The molecule has 4 nitrogen and oxygen atoms in total. The van der Waals surface area contributed by atoms with Gasteiger partial charge >= 0.3 is 0 Å². The van der Waals surface area contributed by atoms with E-state index in [1.807, 2.05) is 36.7 Å². The lowest BCUT2D eigenvalue weighted by molar-refractivity contribution is 0.822. The largest absolute Gasteiger partial charge is 0.327 e. The molecule has 0 spiro atoms. The van der Waals surface area contributed by atoms with E-state index in [-0.39, 0.29) is 0 Å². The highest BCUT2D eigenvalue weighted by molar-refractivity contribution is 9.10. The first kappa shape index (κ1) is 16.9. The van der Waals surface area contributed by atoms with E-state index >= 15 is 0 Å². The lowest BCUT2D eigenvalue weighted by Crippen LogP contribution is -2.00. The van der Waals surface area contributed by atoms with Gasteiger partial charge in [-0.3, -0.25) is 0 Å². The number of aromatic nitrogens is 4. The molecule has 4 aromatic rings. The molecule has 1 aliphatic carbocycles. The summed E-state index contributed by atoms with van der Waals surface area (Å²) < 4.78 is 3.09. The molecule has 3 heterocycles. The zero-order chi connectivity index (χ0) is 18.4. The van der Waals surface area contributed by atoms with Crippen LogP contribution in [0.1, 0.15) is 29.9 Å². The van der Waals surface area contributed by atoms with E-state index in [2.05, 4.69) is 47.7 Å². The van der Waals surface area contributed by atoms with Crippen molar-refractivity contribution in [2.24, 2.45) is 0 Å². The Bertz CT molecular complexity index is 1110. The summed E-state index contributed by atoms with van der Waals surface area (Å²) in [7, 11) is 0. The average molecular weight is 440 g/mol. The van der Waals surface area contributed by atoms with E-state index in [0.717, 1.165) is 37.5 Å². The number of benzene rings is 1. The van der Waals surface area contributed by atoms with Gasteiger partial charge in [0, 0.05) is 50.8 Å². The van der Waals surface area contributed by atoms with Crippen molar-refractivity contribution in [2.45, 2.75) is 25.3 Å². The number of nitrogens with zero attached hydrogens (tertiary/aromatic N) is 4. The minimum Gasteiger partial charge on any atom is -0.327 e. The summed E-state index contributed by atoms with van der Waals surface area (Å²) in [6, 6.07) is 9.85. The molecular formula is C21H16BrClN4. The summed E-state index contributed by atoms with van der Waals surface area (Å²) in [4.78, 5) is 13.8. The van der Waals surface area contributed by atoms with E-state index in [0.29, 0.717) is 12.5 Å². The van der Waals surface area contributed by atoms with Crippen molar-refractivity contribution in [3.8, 4) is 11.4 Å². The zero-order valence-corrected chi connectivity index (χ0v) is 16.8. The number of pyridine rings is 1. The summed E-state index contributed by atoms with van der Waals surface area (Å²) in [6.07, 6.45) is 10.3. The third-order valence-electron chi connectivity index (χ3n) is 4.99. The monoisotopic (exact) mass is 438 g/mol. The number of halogens is 2. The minimum absolute atomic E-state index is 0.619. The highest BCUT2D eigenvalue weighted by atomic mass is 79.9. The van der Waals surface area contributed by atoms with Gasteiger partial charge in [-0.2, -0.15) is 0 Å². The van der Waals surface area contributed by atoms with E-state index in [9.17, 15) is 0 Å². The summed E-state index contributed by atoms with van der Waals surface area (Å²) in [6.45, 7) is 0.619. The Morgan fingerprint density at radius 2 is 1.89 bits per heavy atom. The highest BCUT2D eigenvalue weighted by Crippen LogP contribution is 2.39. The van der Waals surface area contributed by atoms with Gasteiger partial charge in [0.15, 0.2) is 5.82 Å². The first-order chi connectivity index (χ1) is 13.2. The molecule has 134 valence electrons. The molecular weight excluding hydrogens is 424 g/mol. The number of fused-ring (bicyclic) bond motifs is 1. The topological polar surface area (TPSA) is 43.6 Å². The van der Waals surface area contributed by atoms with Crippen LogP contribution in [0.25, 0.3) is 22.4 Å². The van der Waals surface area contributed by atoms with Crippen molar-refractivity contribution in [3.05, 3.63) is 75.7 Å². The maximum Gasteiger partial charge on any atom is 0.161 e. The van der Waals surface area contributed by atoms with Crippen LogP contribution >= 0.6 is 27.5 Å². The fraction of sp³-hybridized carbons (Fsp3) is 0.190. The first-order valence-electron chi connectivity index (χ1n) is 8.90. The Balaban J connectivity index is 1.60. The third kappa shape index (κ3) is 3.15. The molecule has 0 N–H and O–H groups in total. The third-order valence-corrected chi connectivity index (χ3v) is 6.08. The standard InChI is InChI=1S/C21H16BrClN4/c22-18-4-1-5-19(23)17(18)12-27-11-16(15-3-2-8-24-21(15)27)20-25-9-14(10-26-20)13-6-7-13/h1-5,8-11,13H,6-7,12H2. The Hall–Kier alpha value is -2.24. The van der Waals surface area contributed by atoms with Crippen molar-refractivity contribution in [1.82, 2.24) is 19.5 Å². The molecule has 1 fully saturated rings. The first-order valence-corrected chi connectivity index (χ1v) is 10.1. The maximum atomic E-state index is 6.42. The van der Waals surface area contributed by atoms with Crippen molar-refractivity contribution in [1.29, 1.82) is 0 Å². The second kappa shape index (κ2) is 6.73. The molecule has 0 unspecified atom stereocenters. The van der Waals surface area contributed by atoms with Crippen molar-refractivity contribution in [3.63, 3.8) is 0 Å². The van der Waals surface area contributed by atoms with Crippen LogP contribution in [0, 0.1) is 0 Å². The lowest BCUT2D eigenvalue weighted by atomic mass is 10.2. The van der Waals surface area contributed by atoms with Crippen LogP contribution in [-0.4, -0.2) is 19.5 Å². The van der Waals surface area contributed by atoms with Crippen LogP contribution in [0.5, 0.6) is 0 Å². The van der Waals surface area contributed by atoms with Gasteiger partial charge in [0.25, 0.3) is 0 Å². The van der Waals surface area contributed by atoms with Crippen LogP contribution < -0.4 is 0 Å². The van der Waals surface area contributed by atoms with Crippen LogP contribution in [-0.2, 0) is 6.54 Å². The molecule has 1 aliphatic rings. The Morgan fingerprint density at radius 3 is 2.63 bits per heavy atom. The molecule has 0 aliphatic heterocycles. The fourth-order valence-corrected chi connectivity index (χ4v) is 4.22. The molecule has 0 radical (unpaired) electrons. The van der Waals surface area contributed by atoms with Crippen molar-refractivity contribution >= 4 is 38.6 Å². The second-order valence-corrected chi connectivity index (χ2v) is 8.12. The molecule has 0 bridgehead atoms. The van der Waals surface area contributed by atoms with Gasteiger partial charge in [0.2, 0.25) is 0 Å². The van der Waals surface area contributed by atoms with E-state index < -0.39 is 0 Å². The van der Waals surface area contributed by atoms with Gasteiger partial charge in [0.05, 0.1) is 6.54 Å². The number of hydrogen-bond donors (Lipinski definition) is 0. The van der Waals surface area contributed by atoms with Gasteiger partial charge in [0.1, 0.15) is 5.65 Å². The smallest absolute Gasteiger partial charge is 0.161 e. The fourth-order valence-electron chi connectivity index (χ4n) is 3.38. The van der Waals surface area contributed by atoms with Gasteiger partial charge < -0.3 is 4.57 Å². The van der Waals surface area contributed by atoms with Gasteiger partial charge in [-0.1, -0.05) is 33.6 Å². The molecule has 0 atom stereocenters. The number of hydrogen-bond acceptors (Lipinski definition) is 3. The molecule has 0 amide bonds. The highest BCUT2D eigenvalue weighted by Gasteiger charge is 2.24. The maximum absolute atomic E-state index is 6.42. The van der Waals surface area contributed by atoms with E-state index in [4.69, 9.17) is 11.6 Å². The summed E-state index contributed by atoms with van der Waals surface area (Å²) in [5.41, 5.74) is 4.15. The summed E-state index contributed by atoms with van der Waals surface area (Å²) in [5.74, 6) is 1.38. The Labute approximate surface area is 170 Å². The molecule has 27 heavy (non-hydrogen) atoms. The minimum atomic E-state index is 0.619. The molecule has 1 saturated carbocycles. The van der Waals surface area contributed by atoms with Crippen molar-refractivity contribution < 1.29 is 0 Å². The Kier molecular flexibility index (Phi) is 4.21. The number of rotatable bonds is 4. The van der Waals surface area contributed by atoms with Crippen LogP contribution in [0.15, 0.2) is 59.6 Å². The van der Waals surface area contributed by atoms with E-state index in [1.54, 1.807) is 6.20 Å². The van der Waals surface area contributed by atoms with Crippen molar-refractivity contribution in [2.75, 3.05) is 0 Å². The lowest BCUT2D eigenvalue weighted by Gasteiger charge is -2.09.